The summed E-state index contributed by atoms with van der Waals surface area (Å²) in [6.07, 6.45) is 0.793. The molecule has 0 radical (unpaired) electrons. The van der Waals surface area contributed by atoms with Crippen LogP contribution in [0.15, 0.2) is 54.6 Å². The quantitative estimate of drug-likeness (QED) is 0.603. The number of carbonyl (C=O) groups excluding carboxylic acids is 2. The first-order valence-corrected chi connectivity index (χ1v) is 9.94. The lowest BCUT2D eigenvalue weighted by Gasteiger charge is -2.22. The minimum Gasteiger partial charge on any atom is -0.354 e. The zero-order valence-corrected chi connectivity index (χ0v) is 17.3. The average molecular weight is 400 g/mol. The molecule has 0 aliphatic rings. The molecule has 2 aromatic carbocycles. The van der Waals surface area contributed by atoms with Crippen molar-refractivity contribution in [2.24, 2.45) is 5.92 Å². The van der Waals surface area contributed by atoms with Crippen LogP contribution in [-0.4, -0.2) is 42.9 Å². The molecule has 1 atom stereocenters. The van der Waals surface area contributed by atoms with E-state index in [2.05, 4.69) is 27.7 Å². The Bertz CT molecular complexity index is 796. The summed E-state index contributed by atoms with van der Waals surface area (Å²) < 4.78 is 13.8. The smallest absolute Gasteiger partial charge is 0.254 e. The highest BCUT2D eigenvalue weighted by atomic mass is 19.1. The second-order valence-corrected chi connectivity index (χ2v) is 7.54. The van der Waals surface area contributed by atoms with E-state index in [0.29, 0.717) is 6.54 Å². The molecule has 0 saturated carbocycles. The number of rotatable bonds is 10. The molecule has 29 heavy (non-hydrogen) atoms. The summed E-state index contributed by atoms with van der Waals surface area (Å²) in [7, 11) is 2.04. The second kappa shape index (κ2) is 11.3. The Hall–Kier alpha value is -2.73. The highest BCUT2D eigenvalue weighted by Crippen LogP contribution is 2.09. The number of carbonyl (C=O) groups is 2. The maximum absolute atomic E-state index is 13.8. The van der Waals surface area contributed by atoms with Gasteiger partial charge >= 0.3 is 0 Å². The van der Waals surface area contributed by atoms with Crippen LogP contribution in [0.2, 0.25) is 0 Å². The van der Waals surface area contributed by atoms with Crippen molar-refractivity contribution in [3.63, 3.8) is 0 Å². The van der Waals surface area contributed by atoms with Crippen molar-refractivity contribution in [1.82, 2.24) is 15.5 Å². The monoisotopic (exact) mass is 399 g/mol. The first-order chi connectivity index (χ1) is 13.9. The zero-order valence-electron chi connectivity index (χ0n) is 17.3. The van der Waals surface area contributed by atoms with Crippen molar-refractivity contribution in [2.45, 2.75) is 32.9 Å². The maximum Gasteiger partial charge on any atom is 0.254 e. The van der Waals surface area contributed by atoms with Gasteiger partial charge in [0.1, 0.15) is 11.9 Å². The molecule has 6 heteroatoms. The molecule has 0 fully saturated rings. The van der Waals surface area contributed by atoms with Gasteiger partial charge in [0.15, 0.2) is 0 Å². The van der Waals surface area contributed by atoms with Crippen molar-refractivity contribution >= 4 is 11.8 Å². The molecule has 0 aliphatic carbocycles. The van der Waals surface area contributed by atoms with E-state index in [-0.39, 0.29) is 17.4 Å². The van der Waals surface area contributed by atoms with Gasteiger partial charge in [0, 0.05) is 13.1 Å². The van der Waals surface area contributed by atoms with E-state index in [4.69, 9.17) is 0 Å². The third kappa shape index (κ3) is 7.31. The molecule has 5 nitrogen and oxygen atoms in total. The molecule has 156 valence electrons. The normalized spacial score (nSPS) is 12.1. The van der Waals surface area contributed by atoms with Gasteiger partial charge in [-0.05, 0) is 43.6 Å². The number of halogens is 1. The summed E-state index contributed by atoms with van der Waals surface area (Å²) in [5.41, 5.74) is 1.18. The van der Waals surface area contributed by atoms with Crippen LogP contribution in [0.5, 0.6) is 0 Å². The fraction of sp³-hybridized carbons (Fsp3) is 0.391. The SMILES string of the molecule is CC(C)[C@H](NC(=O)c1ccccc1F)C(=O)NCCCN(C)Cc1ccccc1. The Kier molecular flexibility index (Phi) is 8.80. The molecule has 2 rings (SSSR count). The topological polar surface area (TPSA) is 61.4 Å². The summed E-state index contributed by atoms with van der Waals surface area (Å²) in [6, 6.07) is 15.2. The van der Waals surface area contributed by atoms with Crippen LogP contribution >= 0.6 is 0 Å². The van der Waals surface area contributed by atoms with Gasteiger partial charge in [-0.3, -0.25) is 9.59 Å². The minimum atomic E-state index is -0.718. The van der Waals surface area contributed by atoms with Crippen LogP contribution in [0.25, 0.3) is 0 Å². The van der Waals surface area contributed by atoms with Crippen LogP contribution in [0.4, 0.5) is 4.39 Å². The number of benzene rings is 2. The number of amides is 2. The minimum absolute atomic E-state index is 0.0616. The van der Waals surface area contributed by atoms with Gasteiger partial charge in [0.25, 0.3) is 5.91 Å². The maximum atomic E-state index is 13.8. The highest BCUT2D eigenvalue weighted by molar-refractivity contribution is 5.97. The Balaban J connectivity index is 1.79. The van der Waals surface area contributed by atoms with Gasteiger partial charge in [0.05, 0.1) is 5.56 Å². The molecular formula is C23H30FN3O2. The van der Waals surface area contributed by atoms with Gasteiger partial charge < -0.3 is 15.5 Å². The number of nitrogens with one attached hydrogen (secondary N) is 2. The Morgan fingerprint density at radius 1 is 1.03 bits per heavy atom. The first kappa shape index (κ1) is 22.6. The van der Waals surface area contributed by atoms with Crippen LogP contribution in [0.1, 0.15) is 36.2 Å². The average Bonchev–Trinajstić information content (AvgIpc) is 2.70. The van der Waals surface area contributed by atoms with Crippen molar-refractivity contribution < 1.29 is 14.0 Å². The first-order valence-electron chi connectivity index (χ1n) is 9.94. The number of hydrogen-bond donors (Lipinski definition) is 2. The van der Waals surface area contributed by atoms with E-state index in [1.54, 1.807) is 6.07 Å². The van der Waals surface area contributed by atoms with E-state index < -0.39 is 17.8 Å². The summed E-state index contributed by atoms with van der Waals surface area (Å²) in [6.45, 7) is 5.89. The van der Waals surface area contributed by atoms with E-state index in [1.807, 2.05) is 39.1 Å². The summed E-state index contributed by atoms with van der Waals surface area (Å²) >= 11 is 0. The molecule has 0 unspecified atom stereocenters. The van der Waals surface area contributed by atoms with E-state index >= 15 is 0 Å². The zero-order chi connectivity index (χ0) is 21.2. The highest BCUT2D eigenvalue weighted by Gasteiger charge is 2.25. The van der Waals surface area contributed by atoms with Crippen molar-refractivity contribution in [3.05, 3.63) is 71.5 Å². The lowest BCUT2D eigenvalue weighted by atomic mass is 10.0. The molecule has 0 heterocycles. The predicted molar refractivity (Wildman–Crippen MR) is 113 cm³/mol. The molecule has 0 spiro atoms. The van der Waals surface area contributed by atoms with E-state index in [1.165, 1.54) is 23.8 Å². The summed E-state index contributed by atoms with van der Waals surface area (Å²) in [5.74, 6) is -1.56. The van der Waals surface area contributed by atoms with Gasteiger partial charge in [0.2, 0.25) is 5.91 Å². The predicted octanol–water partition coefficient (Wildman–Crippen LogP) is 3.22. The van der Waals surface area contributed by atoms with Crippen LogP contribution in [0, 0.1) is 11.7 Å². The number of nitrogens with zero attached hydrogens (tertiary/aromatic N) is 1. The Morgan fingerprint density at radius 3 is 2.34 bits per heavy atom. The van der Waals surface area contributed by atoms with Gasteiger partial charge in [-0.15, -0.1) is 0 Å². The molecule has 0 aliphatic heterocycles. The molecule has 2 amide bonds. The van der Waals surface area contributed by atoms with E-state index in [0.717, 1.165) is 19.5 Å². The van der Waals surface area contributed by atoms with Gasteiger partial charge in [-0.2, -0.15) is 0 Å². The van der Waals surface area contributed by atoms with Gasteiger partial charge in [-0.25, -0.2) is 4.39 Å². The van der Waals surface area contributed by atoms with Crippen molar-refractivity contribution in [3.8, 4) is 0 Å². The van der Waals surface area contributed by atoms with Crippen LogP contribution in [-0.2, 0) is 11.3 Å². The fourth-order valence-corrected chi connectivity index (χ4v) is 3.04. The fourth-order valence-electron chi connectivity index (χ4n) is 3.04. The third-order valence-corrected chi connectivity index (χ3v) is 4.67. The molecule has 2 aromatic rings. The van der Waals surface area contributed by atoms with E-state index in [9.17, 15) is 14.0 Å². The second-order valence-electron chi connectivity index (χ2n) is 7.54. The third-order valence-electron chi connectivity index (χ3n) is 4.67. The number of hydrogen-bond acceptors (Lipinski definition) is 3. The van der Waals surface area contributed by atoms with Crippen LogP contribution < -0.4 is 10.6 Å². The van der Waals surface area contributed by atoms with Crippen molar-refractivity contribution in [1.29, 1.82) is 0 Å². The van der Waals surface area contributed by atoms with Gasteiger partial charge in [-0.1, -0.05) is 56.3 Å². The molecular weight excluding hydrogens is 369 g/mol. The standard InChI is InChI=1S/C23H30FN3O2/c1-17(2)21(26-22(28)19-12-7-8-13-20(19)24)23(29)25-14-9-15-27(3)16-18-10-5-4-6-11-18/h4-8,10-13,17,21H,9,14-16H2,1-3H3,(H,25,29)(H,26,28)/t21-/m0/s1. The lowest BCUT2D eigenvalue weighted by molar-refractivity contribution is -0.123. The lowest BCUT2D eigenvalue weighted by Crippen LogP contribution is -2.50. The van der Waals surface area contributed by atoms with Crippen molar-refractivity contribution in [2.75, 3.05) is 20.1 Å². The Labute approximate surface area is 172 Å². The summed E-state index contributed by atoms with van der Waals surface area (Å²) in [4.78, 5) is 27.1. The Morgan fingerprint density at radius 2 is 1.69 bits per heavy atom. The molecule has 0 aromatic heterocycles. The molecule has 2 N–H and O–H groups in total. The van der Waals surface area contributed by atoms with Crippen LogP contribution in [0.3, 0.4) is 0 Å². The molecule has 0 saturated heterocycles. The summed E-state index contributed by atoms with van der Waals surface area (Å²) in [5, 5.41) is 5.53. The largest absolute Gasteiger partial charge is 0.354 e. The molecule has 0 bridgehead atoms.